The molecule has 1 aromatic heterocycles. The van der Waals surface area contributed by atoms with E-state index in [-0.39, 0.29) is 6.04 Å². The second kappa shape index (κ2) is 6.51. The van der Waals surface area contributed by atoms with Crippen molar-refractivity contribution in [3.8, 4) is 5.75 Å². The Hall–Kier alpha value is -0.840. The quantitative estimate of drug-likeness (QED) is 0.811. The number of ether oxygens (including phenoxy) is 1. The van der Waals surface area contributed by atoms with Gasteiger partial charge in [-0.1, -0.05) is 19.1 Å². The molecule has 4 heteroatoms. The molecule has 1 aliphatic heterocycles. The van der Waals surface area contributed by atoms with Crippen LogP contribution in [0.5, 0.6) is 5.75 Å². The fourth-order valence-electron chi connectivity index (χ4n) is 2.81. The van der Waals surface area contributed by atoms with Crippen LogP contribution in [0.1, 0.15) is 43.0 Å². The molecule has 0 amide bonds. The molecule has 1 aromatic carbocycles. The van der Waals surface area contributed by atoms with Crippen LogP contribution in [0.4, 0.5) is 0 Å². The fourth-order valence-corrected chi connectivity index (χ4v) is 4.01. The number of hydrogen-bond acceptors (Lipinski definition) is 3. The summed E-state index contributed by atoms with van der Waals surface area (Å²) >= 11 is 5.31. The number of thiophene rings is 1. The first kappa shape index (κ1) is 15.1. The lowest BCUT2D eigenvalue weighted by atomic mass is 9.97. The van der Waals surface area contributed by atoms with Crippen molar-refractivity contribution < 1.29 is 4.74 Å². The highest BCUT2D eigenvalue weighted by atomic mass is 79.9. The predicted molar refractivity (Wildman–Crippen MR) is 92.4 cm³/mol. The molecule has 2 aromatic rings. The van der Waals surface area contributed by atoms with Gasteiger partial charge in [0, 0.05) is 6.42 Å². The maximum atomic E-state index is 5.81. The average Bonchev–Trinajstić information content (AvgIpc) is 3.04. The van der Waals surface area contributed by atoms with Crippen LogP contribution >= 0.6 is 27.3 Å². The van der Waals surface area contributed by atoms with Gasteiger partial charge >= 0.3 is 0 Å². The number of hydrogen-bond donors (Lipinski definition) is 1. The molecule has 2 heterocycles. The highest BCUT2D eigenvalue weighted by molar-refractivity contribution is 9.11. The molecule has 3 rings (SSSR count). The molecular formula is C17H20BrNOS. The fraction of sp³-hybridized carbons (Fsp3) is 0.412. The molecule has 0 spiro atoms. The third-order valence-electron chi connectivity index (χ3n) is 3.77. The van der Waals surface area contributed by atoms with E-state index in [1.165, 1.54) is 20.5 Å². The van der Waals surface area contributed by atoms with Crippen molar-refractivity contribution in [1.29, 1.82) is 0 Å². The second-order valence-electron chi connectivity index (χ2n) is 5.57. The molecule has 0 aliphatic carbocycles. The van der Waals surface area contributed by atoms with Crippen molar-refractivity contribution >= 4 is 27.3 Å². The molecule has 2 atom stereocenters. The molecule has 0 bridgehead atoms. The van der Waals surface area contributed by atoms with Gasteiger partial charge in [0.25, 0.3) is 0 Å². The Bertz CT molecular complexity index is 625. The number of benzene rings is 1. The van der Waals surface area contributed by atoms with Gasteiger partial charge in [-0.3, -0.25) is 0 Å². The number of fused-ring (bicyclic) bond motifs is 1. The summed E-state index contributed by atoms with van der Waals surface area (Å²) in [4.78, 5) is 0. The minimum Gasteiger partial charge on any atom is -0.490 e. The molecule has 112 valence electrons. The van der Waals surface area contributed by atoms with Crippen LogP contribution in [-0.4, -0.2) is 12.6 Å². The van der Waals surface area contributed by atoms with Gasteiger partial charge in [0.2, 0.25) is 0 Å². The van der Waals surface area contributed by atoms with Gasteiger partial charge in [-0.05, 0) is 70.0 Å². The lowest BCUT2D eigenvalue weighted by Crippen LogP contribution is -2.22. The van der Waals surface area contributed by atoms with E-state index in [9.17, 15) is 0 Å². The minimum atomic E-state index is 0.258. The molecule has 0 saturated heterocycles. The van der Waals surface area contributed by atoms with Crippen LogP contribution in [0.2, 0.25) is 0 Å². The normalized spacial score (nSPS) is 18.3. The largest absolute Gasteiger partial charge is 0.490 e. The Labute approximate surface area is 138 Å². The summed E-state index contributed by atoms with van der Waals surface area (Å²) in [6.07, 6.45) is 2.44. The van der Waals surface area contributed by atoms with Crippen molar-refractivity contribution in [2.45, 2.75) is 38.8 Å². The standard InChI is InChI=1S/C17H20BrNOS/c1-3-6-19-17(14-9-16(18)21-10-14)12-4-5-15-13(8-12)7-11(2)20-15/h4-5,8-11,17,19H,3,6-7H2,1-2H3. The smallest absolute Gasteiger partial charge is 0.123 e. The zero-order valence-electron chi connectivity index (χ0n) is 12.4. The first-order chi connectivity index (χ1) is 10.2. The van der Waals surface area contributed by atoms with Gasteiger partial charge in [-0.15, -0.1) is 11.3 Å². The molecule has 1 N–H and O–H groups in total. The minimum absolute atomic E-state index is 0.258. The Morgan fingerprint density at radius 1 is 1.38 bits per heavy atom. The molecular weight excluding hydrogens is 346 g/mol. The van der Waals surface area contributed by atoms with E-state index in [1.54, 1.807) is 11.3 Å². The highest BCUT2D eigenvalue weighted by Gasteiger charge is 2.22. The van der Waals surface area contributed by atoms with Crippen molar-refractivity contribution in [2.75, 3.05) is 6.54 Å². The Morgan fingerprint density at radius 3 is 2.95 bits per heavy atom. The summed E-state index contributed by atoms with van der Waals surface area (Å²) in [6.45, 7) is 5.34. The van der Waals surface area contributed by atoms with Crippen LogP contribution in [0.15, 0.2) is 33.4 Å². The van der Waals surface area contributed by atoms with Crippen molar-refractivity contribution in [2.24, 2.45) is 0 Å². The zero-order chi connectivity index (χ0) is 14.8. The molecule has 2 nitrogen and oxygen atoms in total. The highest BCUT2D eigenvalue weighted by Crippen LogP contribution is 2.34. The van der Waals surface area contributed by atoms with Crippen LogP contribution < -0.4 is 10.1 Å². The Kier molecular flexibility index (Phi) is 4.67. The Morgan fingerprint density at radius 2 is 2.24 bits per heavy atom. The topological polar surface area (TPSA) is 21.3 Å². The van der Waals surface area contributed by atoms with Crippen molar-refractivity contribution in [1.82, 2.24) is 5.32 Å². The molecule has 0 radical (unpaired) electrons. The van der Waals surface area contributed by atoms with Crippen LogP contribution in [0.3, 0.4) is 0 Å². The molecule has 21 heavy (non-hydrogen) atoms. The monoisotopic (exact) mass is 365 g/mol. The maximum Gasteiger partial charge on any atom is 0.123 e. The first-order valence-corrected chi connectivity index (χ1v) is 9.11. The summed E-state index contributed by atoms with van der Waals surface area (Å²) in [6, 6.07) is 9.09. The third-order valence-corrected chi connectivity index (χ3v) is 5.30. The van der Waals surface area contributed by atoms with Gasteiger partial charge in [0.15, 0.2) is 0 Å². The summed E-state index contributed by atoms with van der Waals surface area (Å²) < 4.78 is 6.99. The van der Waals surface area contributed by atoms with Gasteiger partial charge in [-0.25, -0.2) is 0 Å². The summed E-state index contributed by atoms with van der Waals surface area (Å²) in [7, 11) is 0. The van der Waals surface area contributed by atoms with Crippen LogP contribution in [0, 0.1) is 0 Å². The predicted octanol–water partition coefficient (Wildman–Crippen LogP) is 4.92. The zero-order valence-corrected chi connectivity index (χ0v) is 14.8. The lowest BCUT2D eigenvalue weighted by Gasteiger charge is -2.19. The first-order valence-electron chi connectivity index (χ1n) is 7.44. The van der Waals surface area contributed by atoms with E-state index in [0.29, 0.717) is 6.10 Å². The molecule has 1 aliphatic rings. The van der Waals surface area contributed by atoms with Crippen LogP contribution in [0.25, 0.3) is 0 Å². The SMILES string of the molecule is CCCNC(c1csc(Br)c1)c1ccc2c(c1)CC(C)O2. The van der Waals surface area contributed by atoms with E-state index in [2.05, 4.69) is 64.7 Å². The third kappa shape index (κ3) is 3.33. The number of halogens is 1. The van der Waals surface area contributed by atoms with Gasteiger partial charge < -0.3 is 10.1 Å². The molecule has 2 unspecified atom stereocenters. The van der Waals surface area contributed by atoms with Crippen molar-refractivity contribution in [3.63, 3.8) is 0 Å². The second-order valence-corrected chi connectivity index (χ2v) is 7.86. The lowest BCUT2D eigenvalue weighted by molar-refractivity contribution is 0.254. The van der Waals surface area contributed by atoms with Crippen molar-refractivity contribution in [3.05, 3.63) is 50.1 Å². The van der Waals surface area contributed by atoms with E-state index in [0.717, 1.165) is 25.1 Å². The van der Waals surface area contributed by atoms with E-state index < -0.39 is 0 Å². The summed E-state index contributed by atoms with van der Waals surface area (Å²) in [5.74, 6) is 1.05. The summed E-state index contributed by atoms with van der Waals surface area (Å²) in [5.41, 5.74) is 3.98. The number of nitrogens with one attached hydrogen (secondary N) is 1. The average molecular weight is 366 g/mol. The van der Waals surface area contributed by atoms with E-state index >= 15 is 0 Å². The molecule has 0 fully saturated rings. The van der Waals surface area contributed by atoms with Gasteiger partial charge in [0.05, 0.1) is 9.83 Å². The summed E-state index contributed by atoms with van der Waals surface area (Å²) in [5, 5.41) is 5.89. The Balaban J connectivity index is 1.91. The van der Waals surface area contributed by atoms with Gasteiger partial charge in [-0.2, -0.15) is 0 Å². The van der Waals surface area contributed by atoms with E-state index in [4.69, 9.17) is 4.74 Å². The van der Waals surface area contributed by atoms with E-state index in [1.807, 2.05) is 0 Å². The van der Waals surface area contributed by atoms with Crippen LogP contribution in [-0.2, 0) is 6.42 Å². The maximum absolute atomic E-state index is 5.81. The van der Waals surface area contributed by atoms with Gasteiger partial charge in [0.1, 0.15) is 11.9 Å². The number of rotatable bonds is 5. The molecule has 0 saturated carbocycles.